The minimum Gasteiger partial charge on any atom is -0.494 e. The number of unbranched alkanes of at least 4 members (excludes halogenated alkanes) is 2. The monoisotopic (exact) mass is 461 g/mol. The third kappa shape index (κ3) is 7.62. The van der Waals surface area contributed by atoms with Crippen LogP contribution >= 0.6 is 0 Å². The van der Waals surface area contributed by atoms with Crippen molar-refractivity contribution in [1.82, 2.24) is 4.98 Å². The Labute approximate surface area is 200 Å². The topological polar surface area (TPSA) is 89.6 Å². The van der Waals surface area contributed by atoms with Crippen LogP contribution < -0.4 is 20.1 Å². The molecule has 2 amide bonds. The van der Waals surface area contributed by atoms with E-state index in [1.165, 1.54) is 0 Å². The maximum atomic E-state index is 12.6. The van der Waals surface area contributed by atoms with Gasteiger partial charge in [0.2, 0.25) is 0 Å². The molecule has 3 rings (SSSR count). The van der Waals surface area contributed by atoms with Crippen LogP contribution in [0.5, 0.6) is 11.5 Å². The van der Waals surface area contributed by atoms with Gasteiger partial charge in [0.25, 0.3) is 11.8 Å². The maximum absolute atomic E-state index is 12.6. The molecular weight excluding hydrogens is 430 g/mol. The van der Waals surface area contributed by atoms with E-state index < -0.39 is 0 Å². The lowest BCUT2D eigenvalue weighted by atomic mass is 10.2. The van der Waals surface area contributed by atoms with E-state index in [9.17, 15) is 9.59 Å². The van der Waals surface area contributed by atoms with Crippen molar-refractivity contribution in [3.8, 4) is 11.5 Å². The predicted molar refractivity (Wildman–Crippen MR) is 134 cm³/mol. The fourth-order valence-corrected chi connectivity index (χ4v) is 3.02. The van der Waals surface area contributed by atoms with Gasteiger partial charge in [-0.1, -0.05) is 32.8 Å². The second kappa shape index (κ2) is 13.0. The molecule has 3 aromatic rings. The Kier molecular flexibility index (Phi) is 9.46. The van der Waals surface area contributed by atoms with E-state index in [4.69, 9.17) is 9.47 Å². The van der Waals surface area contributed by atoms with E-state index in [-0.39, 0.29) is 11.8 Å². The summed E-state index contributed by atoms with van der Waals surface area (Å²) in [4.78, 5) is 29.5. The second-order valence-electron chi connectivity index (χ2n) is 7.77. The number of rotatable bonds is 12. The molecule has 2 N–H and O–H groups in total. The largest absolute Gasteiger partial charge is 0.494 e. The zero-order valence-corrected chi connectivity index (χ0v) is 19.7. The molecule has 0 spiro atoms. The van der Waals surface area contributed by atoms with Crippen LogP contribution in [0.2, 0.25) is 0 Å². The molecule has 1 heterocycles. The summed E-state index contributed by atoms with van der Waals surface area (Å²) in [5.74, 6) is 1.54. The van der Waals surface area contributed by atoms with Gasteiger partial charge in [-0.15, -0.1) is 0 Å². The molecule has 0 aliphatic rings. The second-order valence-corrected chi connectivity index (χ2v) is 7.77. The molecule has 0 saturated heterocycles. The SMILES string of the molecule is CCCCOc1ccc(C(=O)Nc2cccc(NC(=O)c3ccc(OCCCC)cc3)n2)cc1. The summed E-state index contributed by atoms with van der Waals surface area (Å²) in [5, 5.41) is 5.51. The summed E-state index contributed by atoms with van der Waals surface area (Å²) in [6.07, 6.45) is 4.10. The third-order valence-electron chi connectivity index (χ3n) is 5.00. The molecule has 0 radical (unpaired) electrons. The number of amides is 2. The number of nitrogens with one attached hydrogen (secondary N) is 2. The van der Waals surface area contributed by atoms with Gasteiger partial charge in [0.05, 0.1) is 13.2 Å². The number of hydrogen-bond acceptors (Lipinski definition) is 5. The molecule has 0 aliphatic carbocycles. The Morgan fingerprint density at radius 3 is 1.47 bits per heavy atom. The molecule has 2 aromatic carbocycles. The van der Waals surface area contributed by atoms with Crippen molar-refractivity contribution in [2.45, 2.75) is 39.5 Å². The minimum atomic E-state index is -0.297. The minimum absolute atomic E-state index is 0.297. The molecule has 0 unspecified atom stereocenters. The first kappa shape index (κ1) is 24.8. The van der Waals surface area contributed by atoms with Crippen molar-refractivity contribution in [2.24, 2.45) is 0 Å². The lowest BCUT2D eigenvalue weighted by Crippen LogP contribution is -2.16. The number of carbonyl (C=O) groups is 2. The van der Waals surface area contributed by atoms with Crippen molar-refractivity contribution in [3.05, 3.63) is 77.9 Å². The fourth-order valence-electron chi connectivity index (χ4n) is 3.02. The highest BCUT2D eigenvalue weighted by Gasteiger charge is 2.10. The first-order valence-corrected chi connectivity index (χ1v) is 11.6. The predicted octanol–water partition coefficient (Wildman–Crippen LogP) is 5.94. The van der Waals surface area contributed by atoms with E-state index in [1.54, 1.807) is 66.7 Å². The average molecular weight is 462 g/mol. The molecule has 1 aromatic heterocycles. The highest BCUT2D eigenvalue weighted by atomic mass is 16.5. The van der Waals surface area contributed by atoms with Crippen molar-refractivity contribution in [1.29, 1.82) is 0 Å². The van der Waals surface area contributed by atoms with E-state index in [2.05, 4.69) is 29.5 Å². The van der Waals surface area contributed by atoms with Gasteiger partial charge in [-0.2, -0.15) is 0 Å². The number of pyridine rings is 1. The summed E-state index contributed by atoms with van der Waals surface area (Å²) in [5.41, 5.74) is 0.973. The Bertz CT molecular complexity index is 983. The molecule has 0 bridgehead atoms. The first-order chi connectivity index (χ1) is 16.6. The van der Waals surface area contributed by atoms with Gasteiger partial charge in [-0.05, 0) is 73.5 Å². The zero-order valence-electron chi connectivity index (χ0n) is 19.7. The molecule has 0 atom stereocenters. The van der Waals surface area contributed by atoms with E-state index >= 15 is 0 Å². The highest BCUT2D eigenvalue weighted by Crippen LogP contribution is 2.17. The summed E-state index contributed by atoms with van der Waals surface area (Å²) < 4.78 is 11.3. The maximum Gasteiger partial charge on any atom is 0.256 e. The fraction of sp³-hybridized carbons (Fsp3) is 0.296. The van der Waals surface area contributed by atoms with Crippen LogP contribution in [-0.2, 0) is 0 Å². The van der Waals surface area contributed by atoms with Crippen LogP contribution in [0.15, 0.2) is 66.7 Å². The van der Waals surface area contributed by atoms with Gasteiger partial charge in [0.1, 0.15) is 23.1 Å². The van der Waals surface area contributed by atoms with E-state index in [1.807, 2.05) is 0 Å². The normalized spacial score (nSPS) is 10.4. The number of hydrogen-bond donors (Lipinski definition) is 2. The zero-order chi connectivity index (χ0) is 24.2. The highest BCUT2D eigenvalue weighted by molar-refractivity contribution is 6.05. The van der Waals surface area contributed by atoms with Crippen LogP contribution in [-0.4, -0.2) is 30.0 Å². The third-order valence-corrected chi connectivity index (χ3v) is 5.00. The van der Waals surface area contributed by atoms with Gasteiger partial charge < -0.3 is 20.1 Å². The van der Waals surface area contributed by atoms with Crippen molar-refractivity contribution >= 4 is 23.5 Å². The Hall–Kier alpha value is -3.87. The van der Waals surface area contributed by atoms with Crippen LogP contribution in [0.3, 0.4) is 0 Å². The van der Waals surface area contributed by atoms with Crippen molar-refractivity contribution in [3.63, 3.8) is 0 Å². The average Bonchev–Trinajstić information content (AvgIpc) is 2.85. The Morgan fingerprint density at radius 2 is 1.09 bits per heavy atom. The molecule has 0 aliphatic heterocycles. The lowest BCUT2D eigenvalue weighted by molar-refractivity contribution is 0.101. The van der Waals surface area contributed by atoms with Gasteiger partial charge in [0, 0.05) is 11.1 Å². The van der Waals surface area contributed by atoms with Gasteiger partial charge in [-0.3, -0.25) is 9.59 Å². The number of carbonyl (C=O) groups excluding carboxylic acids is 2. The summed E-state index contributed by atoms with van der Waals surface area (Å²) in [6.45, 7) is 5.52. The van der Waals surface area contributed by atoms with Crippen LogP contribution in [0, 0.1) is 0 Å². The molecule has 7 heteroatoms. The molecule has 0 saturated carbocycles. The first-order valence-electron chi connectivity index (χ1n) is 11.6. The standard InChI is InChI=1S/C27H31N3O4/c1-3-5-18-33-22-14-10-20(11-15-22)26(31)29-24-8-7-9-25(28-24)30-27(32)21-12-16-23(17-13-21)34-19-6-4-2/h7-17H,3-6,18-19H2,1-2H3,(H2,28,29,30,31,32). The van der Waals surface area contributed by atoms with Gasteiger partial charge in [0.15, 0.2) is 0 Å². The molecule has 34 heavy (non-hydrogen) atoms. The summed E-state index contributed by atoms with van der Waals surface area (Å²) in [7, 11) is 0. The molecule has 178 valence electrons. The van der Waals surface area contributed by atoms with Crippen molar-refractivity contribution < 1.29 is 19.1 Å². The van der Waals surface area contributed by atoms with E-state index in [0.717, 1.165) is 37.2 Å². The number of anilines is 2. The number of aromatic nitrogens is 1. The van der Waals surface area contributed by atoms with Crippen LogP contribution in [0.25, 0.3) is 0 Å². The summed E-state index contributed by atoms with van der Waals surface area (Å²) >= 11 is 0. The summed E-state index contributed by atoms with van der Waals surface area (Å²) in [6, 6.07) is 19.0. The number of benzene rings is 2. The number of ether oxygens (including phenoxy) is 2. The van der Waals surface area contributed by atoms with Gasteiger partial charge in [-0.25, -0.2) is 4.98 Å². The smallest absolute Gasteiger partial charge is 0.256 e. The number of nitrogens with zero attached hydrogens (tertiary/aromatic N) is 1. The Balaban J connectivity index is 1.56. The molecule has 7 nitrogen and oxygen atoms in total. The Morgan fingerprint density at radius 1 is 0.676 bits per heavy atom. The van der Waals surface area contributed by atoms with Crippen LogP contribution in [0.1, 0.15) is 60.2 Å². The van der Waals surface area contributed by atoms with E-state index in [0.29, 0.717) is 36.0 Å². The lowest BCUT2D eigenvalue weighted by Gasteiger charge is -2.09. The molecule has 0 fully saturated rings. The van der Waals surface area contributed by atoms with Crippen LogP contribution in [0.4, 0.5) is 11.6 Å². The molecular formula is C27H31N3O4. The quantitative estimate of drug-likeness (QED) is 0.326. The van der Waals surface area contributed by atoms with Gasteiger partial charge >= 0.3 is 0 Å². The van der Waals surface area contributed by atoms with Crippen molar-refractivity contribution in [2.75, 3.05) is 23.8 Å².